The van der Waals surface area contributed by atoms with E-state index in [1.165, 1.54) is 64.9 Å². The highest BCUT2D eigenvalue weighted by atomic mass is 16.8. The molecule has 1 saturated heterocycles. The van der Waals surface area contributed by atoms with Gasteiger partial charge in [-0.1, -0.05) is 12.2 Å². The summed E-state index contributed by atoms with van der Waals surface area (Å²) in [6.45, 7) is 6.35. The van der Waals surface area contributed by atoms with Crippen LogP contribution in [0.25, 0.3) is 0 Å². The monoisotopic (exact) mass is 886 g/mol. The summed E-state index contributed by atoms with van der Waals surface area (Å²) in [5.74, 6) is -4.02. The molecular weight excluding hydrogens is 832 g/mol. The lowest BCUT2D eigenvalue weighted by atomic mass is 10.0. The number of esters is 2. The van der Waals surface area contributed by atoms with E-state index in [9.17, 15) is 39.0 Å². The number of cyclic esters (lactones) is 2. The first kappa shape index (κ1) is 49.8. The summed E-state index contributed by atoms with van der Waals surface area (Å²) in [6, 6.07) is 5.82. The Labute approximate surface area is 363 Å². The van der Waals surface area contributed by atoms with Gasteiger partial charge in [-0.2, -0.15) is 0 Å². The molecule has 5 rings (SSSR count). The number of hydrogen-bond donors (Lipinski definition) is 4. The summed E-state index contributed by atoms with van der Waals surface area (Å²) in [5, 5.41) is 25.1. The van der Waals surface area contributed by atoms with Crippen LogP contribution in [0.1, 0.15) is 74.1 Å². The topological polar surface area (TPSA) is 259 Å². The van der Waals surface area contributed by atoms with Gasteiger partial charge in [0.15, 0.2) is 30.9 Å². The average Bonchev–Trinajstić information content (AvgIpc) is 3.53. The number of amides is 2. The summed E-state index contributed by atoms with van der Waals surface area (Å²) in [4.78, 5) is 75.8. The first-order valence-electron chi connectivity index (χ1n) is 19.7. The van der Waals surface area contributed by atoms with Crippen molar-refractivity contribution in [3.63, 3.8) is 0 Å². The van der Waals surface area contributed by atoms with E-state index in [4.69, 9.17) is 47.4 Å². The number of carbonyl (C=O) groups excluding carboxylic acids is 6. The molecule has 0 unspecified atom stereocenters. The van der Waals surface area contributed by atoms with Crippen LogP contribution in [0.3, 0.4) is 0 Å². The molecule has 0 aliphatic carbocycles. The van der Waals surface area contributed by atoms with Crippen molar-refractivity contribution in [3.8, 4) is 23.0 Å². The number of fused-ring (bicyclic) bond motifs is 3. The van der Waals surface area contributed by atoms with Crippen molar-refractivity contribution < 1.29 is 86.3 Å². The Balaban J connectivity index is 0.000000278. The Morgan fingerprint density at radius 1 is 0.667 bits per heavy atom. The van der Waals surface area contributed by atoms with E-state index in [0.717, 1.165) is 6.08 Å². The van der Waals surface area contributed by atoms with Crippen LogP contribution in [0.5, 0.6) is 23.0 Å². The highest BCUT2D eigenvalue weighted by Crippen LogP contribution is 2.37. The predicted molar refractivity (Wildman–Crippen MR) is 221 cm³/mol. The number of benzene rings is 2. The van der Waals surface area contributed by atoms with Crippen LogP contribution in [0.4, 0.5) is 11.4 Å². The summed E-state index contributed by atoms with van der Waals surface area (Å²) in [7, 11) is 5.69. The van der Waals surface area contributed by atoms with Crippen LogP contribution in [-0.4, -0.2) is 130 Å². The number of ketones is 2. The van der Waals surface area contributed by atoms with E-state index in [2.05, 4.69) is 10.6 Å². The van der Waals surface area contributed by atoms with Crippen LogP contribution in [0, 0.1) is 0 Å². The molecule has 344 valence electrons. The van der Waals surface area contributed by atoms with Gasteiger partial charge in [0.2, 0.25) is 11.8 Å². The Morgan fingerprint density at radius 3 is 1.59 bits per heavy atom. The molecule has 4 N–H and O–H groups in total. The minimum atomic E-state index is -1.77. The third-order valence-electron chi connectivity index (χ3n) is 9.26. The summed E-state index contributed by atoms with van der Waals surface area (Å²) >= 11 is 0. The van der Waals surface area contributed by atoms with Gasteiger partial charge in [-0.15, -0.1) is 0 Å². The van der Waals surface area contributed by atoms with Gasteiger partial charge in [0.25, 0.3) is 0 Å². The Bertz CT molecular complexity index is 2050. The number of nitrogens with one attached hydrogen (secondary N) is 2. The van der Waals surface area contributed by atoms with Crippen molar-refractivity contribution in [2.24, 2.45) is 0 Å². The van der Waals surface area contributed by atoms with Crippen LogP contribution < -0.4 is 29.6 Å². The number of anilines is 2. The maximum absolute atomic E-state index is 13.0. The smallest absolute Gasteiger partial charge is 0.344 e. The zero-order valence-electron chi connectivity index (χ0n) is 36.3. The van der Waals surface area contributed by atoms with E-state index in [1.54, 1.807) is 33.8 Å². The first-order chi connectivity index (χ1) is 29.9. The second-order valence-electron chi connectivity index (χ2n) is 14.8. The van der Waals surface area contributed by atoms with Crippen LogP contribution >= 0.6 is 0 Å². The molecule has 0 bridgehead atoms. The maximum Gasteiger partial charge on any atom is 0.344 e. The zero-order valence-corrected chi connectivity index (χ0v) is 36.3. The van der Waals surface area contributed by atoms with Crippen molar-refractivity contribution in [3.05, 3.63) is 59.7 Å². The van der Waals surface area contributed by atoms with Crippen LogP contribution in [0.15, 0.2) is 48.6 Å². The number of aliphatic hydroxyl groups excluding tert-OH is 2. The molecule has 2 aromatic rings. The van der Waals surface area contributed by atoms with E-state index < -0.39 is 78.4 Å². The van der Waals surface area contributed by atoms with Gasteiger partial charge in [0.05, 0.1) is 44.5 Å². The third-order valence-corrected chi connectivity index (χ3v) is 9.26. The molecular formula is C43H54N2O18. The molecule has 0 radical (unpaired) electrons. The zero-order chi connectivity index (χ0) is 46.4. The molecule has 6 atom stereocenters. The molecule has 0 saturated carbocycles. The van der Waals surface area contributed by atoms with Gasteiger partial charge in [-0.25, -0.2) is 9.59 Å². The van der Waals surface area contributed by atoms with Crippen LogP contribution in [0.2, 0.25) is 0 Å². The molecule has 3 aliphatic heterocycles. The molecule has 2 aromatic carbocycles. The average molecular weight is 887 g/mol. The Morgan fingerprint density at radius 2 is 1.13 bits per heavy atom. The number of methoxy groups -OCH3 is 4. The normalized spacial score (nSPS) is 25.3. The van der Waals surface area contributed by atoms with Gasteiger partial charge in [0, 0.05) is 51.3 Å². The number of ether oxygens (including phenoxy) is 10. The molecule has 0 spiro atoms. The standard InChI is InChI=1S/C23H29NO9.C20H25NO9/c1-13-7-6-8-16(25)21-18(32-23(2,3)33-21)11-19(26)24-15-9-14(29-5)10-17(30-12-28-4)20(15)22(27)31-13;1-11-5-4-6-14(22)19(25)15(23)9-17(24)21-13-7-12(28-3)8-16(29-10-27-2)18(13)20(26)30-11/h6,8-10,13,18,21H,7,11-12H2,1-5H3,(H,24,26);4,6-8,11,15,19,23,25H,5,9-10H2,1-3H3,(H,21,24)/b8-6-;6-4-/t13-,18-,21+;11-,15-,19+/m00/s1. The molecule has 63 heavy (non-hydrogen) atoms. The van der Waals surface area contributed by atoms with Crippen molar-refractivity contribution in [2.75, 3.05) is 52.7 Å². The summed E-state index contributed by atoms with van der Waals surface area (Å²) < 4.78 is 53.8. The Kier molecular flexibility index (Phi) is 18.1. The predicted octanol–water partition coefficient (Wildman–Crippen LogP) is 3.40. The second-order valence-corrected chi connectivity index (χ2v) is 14.8. The van der Waals surface area contributed by atoms with E-state index in [1.807, 2.05) is 0 Å². The first-order valence-corrected chi connectivity index (χ1v) is 19.7. The van der Waals surface area contributed by atoms with Crippen LogP contribution in [-0.2, 0) is 47.6 Å². The fourth-order valence-corrected chi connectivity index (χ4v) is 6.33. The maximum atomic E-state index is 13.0. The van der Waals surface area contributed by atoms with E-state index >= 15 is 0 Å². The molecule has 3 heterocycles. The quantitative estimate of drug-likeness (QED) is 0.219. The Hall–Kier alpha value is -5.90. The molecule has 3 aliphatic rings. The number of aliphatic hydroxyl groups is 2. The fourth-order valence-electron chi connectivity index (χ4n) is 6.33. The third kappa shape index (κ3) is 14.1. The molecule has 0 aromatic heterocycles. The number of hydrogen-bond acceptors (Lipinski definition) is 18. The molecule has 1 fully saturated rings. The molecule has 2 amide bonds. The van der Waals surface area contributed by atoms with Gasteiger partial charge < -0.3 is 68.2 Å². The highest BCUT2D eigenvalue weighted by Gasteiger charge is 2.45. The van der Waals surface area contributed by atoms with Crippen molar-refractivity contribution >= 4 is 46.7 Å². The lowest BCUT2D eigenvalue weighted by molar-refractivity contribution is -0.153. The van der Waals surface area contributed by atoms with Gasteiger partial charge >= 0.3 is 11.9 Å². The fraction of sp³-hybridized carbons (Fsp3) is 0.488. The SMILES string of the molecule is COCOc1cc(OC)cc2c1C(=O)O[C@@H](C)C/C=C\C(=O)[C@@H](O)[C@@H](O)CC(=O)N2.COCOc1cc(OC)cc2c1C(=O)O[C@@H](C)C/C=C\C(=O)[C@H]1OC(C)(C)O[C@H]1CC(=O)N2. The lowest BCUT2D eigenvalue weighted by Crippen LogP contribution is -2.36. The lowest BCUT2D eigenvalue weighted by Gasteiger charge is -2.20. The molecule has 20 nitrogen and oxygen atoms in total. The number of carbonyl (C=O) groups is 6. The highest BCUT2D eigenvalue weighted by molar-refractivity contribution is 6.05. The molecule has 20 heteroatoms. The number of rotatable bonds is 8. The van der Waals surface area contributed by atoms with Gasteiger partial charge in [0.1, 0.15) is 64.6 Å². The van der Waals surface area contributed by atoms with Gasteiger partial charge in [-0.3, -0.25) is 19.2 Å². The van der Waals surface area contributed by atoms with E-state index in [-0.39, 0.29) is 72.0 Å². The largest absolute Gasteiger partial charge is 0.497 e. The van der Waals surface area contributed by atoms with Crippen molar-refractivity contribution in [2.45, 2.75) is 95.8 Å². The summed E-state index contributed by atoms with van der Waals surface area (Å²) in [6.07, 6.45) is -1.14. The van der Waals surface area contributed by atoms with E-state index in [0.29, 0.717) is 12.2 Å². The minimum Gasteiger partial charge on any atom is -0.497 e. The van der Waals surface area contributed by atoms with Crippen molar-refractivity contribution in [1.29, 1.82) is 0 Å². The van der Waals surface area contributed by atoms with Gasteiger partial charge in [-0.05, 0) is 39.8 Å². The summed E-state index contributed by atoms with van der Waals surface area (Å²) in [5.41, 5.74) is 0.102. The van der Waals surface area contributed by atoms with Crippen molar-refractivity contribution in [1.82, 2.24) is 0 Å². The minimum absolute atomic E-state index is 0.0169. The second kappa shape index (κ2) is 23.0.